The standard InChI is InChI=1S/C14H15NO3S2/c16-9-11-8-14(19-10-11)20(17,18)15-7-3-5-12-4-1-2-6-13(12)15/h1-2,4,6,8,10,16H,3,5,7,9H2. The number of hydrogen-bond donors (Lipinski definition) is 1. The summed E-state index contributed by atoms with van der Waals surface area (Å²) in [5.74, 6) is 0. The molecule has 1 aliphatic heterocycles. The lowest BCUT2D eigenvalue weighted by molar-refractivity contribution is 0.282. The van der Waals surface area contributed by atoms with E-state index in [1.165, 1.54) is 4.31 Å². The van der Waals surface area contributed by atoms with Gasteiger partial charge in [0.05, 0.1) is 12.3 Å². The predicted octanol–water partition coefficient (Wildman–Crippen LogP) is 2.38. The van der Waals surface area contributed by atoms with E-state index in [0.717, 1.165) is 35.4 Å². The lowest BCUT2D eigenvalue weighted by Gasteiger charge is -2.29. The second kappa shape index (κ2) is 5.20. The van der Waals surface area contributed by atoms with Gasteiger partial charge in [0.1, 0.15) is 4.21 Å². The van der Waals surface area contributed by atoms with E-state index in [1.807, 2.05) is 24.3 Å². The van der Waals surface area contributed by atoms with Gasteiger partial charge in [0.2, 0.25) is 0 Å². The lowest BCUT2D eigenvalue weighted by Crippen LogP contribution is -2.35. The highest BCUT2D eigenvalue weighted by molar-refractivity contribution is 7.94. The average molecular weight is 309 g/mol. The number of fused-ring (bicyclic) bond motifs is 1. The molecular weight excluding hydrogens is 294 g/mol. The Morgan fingerprint density at radius 1 is 1.30 bits per heavy atom. The summed E-state index contributed by atoms with van der Waals surface area (Å²) >= 11 is 1.16. The molecule has 1 aromatic carbocycles. The van der Waals surface area contributed by atoms with Crippen molar-refractivity contribution in [3.8, 4) is 0 Å². The first-order valence-corrected chi connectivity index (χ1v) is 8.74. The van der Waals surface area contributed by atoms with Gasteiger partial charge in [-0.3, -0.25) is 4.31 Å². The van der Waals surface area contributed by atoms with Gasteiger partial charge in [-0.2, -0.15) is 0 Å². The van der Waals surface area contributed by atoms with Gasteiger partial charge in [0.15, 0.2) is 0 Å². The zero-order chi connectivity index (χ0) is 14.2. The molecule has 0 bridgehead atoms. The van der Waals surface area contributed by atoms with Crippen molar-refractivity contribution in [2.75, 3.05) is 10.8 Å². The molecule has 0 fully saturated rings. The molecule has 0 saturated heterocycles. The fourth-order valence-corrected chi connectivity index (χ4v) is 5.28. The molecule has 0 spiro atoms. The Bertz CT molecular complexity index is 722. The van der Waals surface area contributed by atoms with Gasteiger partial charge in [0, 0.05) is 6.54 Å². The summed E-state index contributed by atoms with van der Waals surface area (Å²) in [5, 5.41) is 10.8. The predicted molar refractivity (Wildman–Crippen MR) is 79.5 cm³/mol. The number of nitrogens with zero attached hydrogens (tertiary/aromatic N) is 1. The number of anilines is 1. The molecule has 1 N–H and O–H groups in total. The molecular formula is C14H15NO3S2. The van der Waals surface area contributed by atoms with Crippen molar-refractivity contribution in [3.05, 3.63) is 46.8 Å². The Kier molecular flexibility index (Phi) is 3.54. The first-order valence-electron chi connectivity index (χ1n) is 6.42. The highest BCUT2D eigenvalue weighted by Gasteiger charge is 2.29. The summed E-state index contributed by atoms with van der Waals surface area (Å²) in [4.78, 5) is 0. The number of sulfonamides is 1. The van der Waals surface area contributed by atoms with Crippen LogP contribution in [0.15, 0.2) is 39.9 Å². The highest BCUT2D eigenvalue weighted by atomic mass is 32.2. The van der Waals surface area contributed by atoms with Crippen LogP contribution >= 0.6 is 11.3 Å². The Morgan fingerprint density at radius 3 is 2.85 bits per heavy atom. The number of rotatable bonds is 3. The van der Waals surface area contributed by atoms with Crippen LogP contribution in [-0.4, -0.2) is 20.1 Å². The summed E-state index contributed by atoms with van der Waals surface area (Å²) in [6.07, 6.45) is 1.74. The molecule has 0 saturated carbocycles. The molecule has 0 atom stereocenters. The van der Waals surface area contributed by atoms with Crippen LogP contribution < -0.4 is 4.31 Å². The van der Waals surface area contributed by atoms with Crippen molar-refractivity contribution in [2.45, 2.75) is 23.7 Å². The van der Waals surface area contributed by atoms with E-state index in [1.54, 1.807) is 11.4 Å². The van der Waals surface area contributed by atoms with Gasteiger partial charge in [0.25, 0.3) is 10.0 Å². The van der Waals surface area contributed by atoms with E-state index in [4.69, 9.17) is 5.11 Å². The van der Waals surface area contributed by atoms with Crippen molar-refractivity contribution >= 4 is 27.0 Å². The molecule has 0 amide bonds. The molecule has 20 heavy (non-hydrogen) atoms. The van der Waals surface area contributed by atoms with Crippen molar-refractivity contribution in [1.82, 2.24) is 0 Å². The van der Waals surface area contributed by atoms with E-state index in [-0.39, 0.29) is 6.61 Å². The summed E-state index contributed by atoms with van der Waals surface area (Å²) < 4.78 is 27.2. The molecule has 0 aliphatic carbocycles. The van der Waals surface area contributed by atoms with Crippen LogP contribution in [0, 0.1) is 0 Å². The van der Waals surface area contributed by atoms with Crippen LogP contribution in [0.4, 0.5) is 5.69 Å². The third-order valence-electron chi connectivity index (χ3n) is 3.42. The quantitative estimate of drug-likeness (QED) is 0.947. The molecule has 0 radical (unpaired) electrons. The zero-order valence-electron chi connectivity index (χ0n) is 10.8. The molecule has 4 nitrogen and oxygen atoms in total. The largest absolute Gasteiger partial charge is 0.392 e. The fourth-order valence-electron chi connectivity index (χ4n) is 2.43. The molecule has 2 aromatic rings. The van der Waals surface area contributed by atoms with E-state index in [0.29, 0.717) is 16.3 Å². The maximum Gasteiger partial charge on any atom is 0.273 e. The van der Waals surface area contributed by atoms with Crippen molar-refractivity contribution in [3.63, 3.8) is 0 Å². The van der Waals surface area contributed by atoms with Crippen LogP contribution in [-0.2, 0) is 23.1 Å². The molecule has 2 heterocycles. The van der Waals surface area contributed by atoms with Gasteiger partial charge in [-0.05, 0) is 41.5 Å². The number of aryl methyl sites for hydroxylation is 1. The van der Waals surface area contributed by atoms with Gasteiger partial charge < -0.3 is 5.11 Å². The molecule has 1 aromatic heterocycles. The number of benzene rings is 1. The maximum absolute atomic E-state index is 12.7. The van der Waals surface area contributed by atoms with Crippen LogP contribution in [0.5, 0.6) is 0 Å². The first-order chi connectivity index (χ1) is 9.63. The second-order valence-corrected chi connectivity index (χ2v) is 7.74. The minimum Gasteiger partial charge on any atom is -0.392 e. The van der Waals surface area contributed by atoms with Gasteiger partial charge in [-0.15, -0.1) is 11.3 Å². The number of hydrogen-bond acceptors (Lipinski definition) is 4. The highest BCUT2D eigenvalue weighted by Crippen LogP contribution is 2.33. The van der Waals surface area contributed by atoms with Gasteiger partial charge in [-0.1, -0.05) is 18.2 Å². The second-order valence-electron chi connectivity index (χ2n) is 4.74. The first kappa shape index (κ1) is 13.6. The van der Waals surface area contributed by atoms with Crippen molar-refractivity contribution in [1.29, 1.82) is 0 Å². The van der Waals surface area contributed by atoms with Crippen LogP contribution in [0.1, 0.15) is 17.5 Å². The van der Waals surface area contributed by atoms with Crippen LogP contribution in [0.3, 0.4) is 0 Å². The van der Waals surface area contributed by atoms with Crippen LogP contribution in [0.2, 0.25) is 0 Å². The van der Waals surface area contributed by atoms with Crippen LogP contribution in [0.25, 0.3) is 0 Å². The molecule has 6 heteroatoms. The van der Waals surface area contributed by atoms with E-state index >= 15 is 0 Å². The Morgan fingerprint density at radius 2 is 2.10 bits per heavy atom. The topological polar surface area (TPSA) is 57.6 Å². The summed E-state index contributed by atoms with van der Waals surface area (Å²) in [6.45, 7) is 0.369. The monoisotopic (exact) mass is 309 g/mol. The van der Waals surface area contributed by atoms with E-state index < -0.39 is 10.0 Å². The molecule has 1 aliphatic rings. The maximum atomic E-state index is 12.7. The number of aliphatic hydroxyl groups is 1. The van der Waals surface area contributed by atoms with Crippen molar-refractivity contribution < 1.29 is 13.5 Å². The molecule has 3 rings (SSSR count). The van der Waals surface area contributed by atoms with Gasteiger partial charge >= 0.3 is 0 Å². The molecule has 0 unspecified atom stereocenters. The lowest BCUT2D eigenvalue weighted by atomic mass is 10.0. The summed E-state index contributed by atoms with van der Waals surface area (Å²) in [6, 6.07) is 9.18. The third-order valence-corrected chi connectivity index (χ3v) is 6.70. The van der Waals surface area contributed by atoms with Crippen molar-refractivity contribution in [2.24, 2.45) is 0 Å². The Balaban J connectivity index is 2.04. The average Bonchev–Trinajstić information content (AvgIpc) is 2.96. The SMILES string of the molecule is O=S(=O)(c1cc(CO)cs1)N1CCCc2ccccc21. The minimum atomic E-state index is -3.52. The normalized spacial score (nSPS) is 15.2. The summed E-state index contributed by atoms with van der Waals surface area (Å²) in [5.41, 5.74) is 2.48. The smallest absolute Gasteiger partial charge is 0.273 e. The zero-order valence-corrected chi connectivity index (χ0v) is 12.5. The Labute approximate surface area is 122 Å². The fraction of sp³-hybridized carbons (Fsp3) is 0.286. The number of thiophene rings is 1. The Hall–Kier alpha value is -1.37. The summed E-state index contributed by atoms with van der Waals surface area (Å²) in [7, 11) is -3.52. The number of aliphatic hydroxyl groups excluding tert-OH is 1. The van der Waals surface area contributed by atoms with Gasteiger partial charge in [-0.25, -0.2) is 8.42 Å². The minimum absolute atomic E-state index is 0.136. The van der Waals surface area contributed by atoms with E-state index in [2.05, 4.69) is 0 Å². The third kappa shape index (κ3) is 2.24. The number of para-hydroxylation sites is 1. The van der Waals surface area contributed by atoms with E-state index in [9.17, 15) is 8.42 Å². The molecule has 106 valence electrons.